The van der Waals surface area contributed by atoms with Gasteiger partial charge in [0.1, 0.15) is 0 Å². The standard InChI is InChI=1S/C6H11NO3.C3H9N/c1-7-5(8)3-4-6(9)10-2;1-3-4-2/h3-4H2,1-2H3,(H,7,8);4H,3H2,1-2H3. The van der Waals surface area contributed by atoms with Gasteiger partial charge < -0.3 is 15.4 Å². The molecule has 0 heterocycles. The quantitative estimate of drug-likeness (QED) is 0.628. The highest BCUT2D eigenvalue weighted by Gasteiger charge is 2.03. The molecule has 0 bridgehead atoms. The van der Waals surface area contributed by atoms with Gasteiger partial charge in [0.05, 0.1) is 13.5 Å². The summed E-state index contributed by atoms with van der Waals surface area (Å²) in [5.74, 6) is -0.506. The summed E-state index contributed by atoms with van der Waals surface area (Å²) in [6, 6.07) is 0. The highest BCUT2D eigenvalue weighted by atomic mass is 16.5. The number of carbonyl (C=O) groups excluding carboxylic acids is 2. The zero-order valence-electron chi connectivity index (χ0n) is 9.35. The molecule has 0 spiro atoms. The number of methoxy groups -OCH3 is 1. The number of nitrogens with one attached hydrogen (secondary N) is 2. The van der Waals surface area contributed by atoms with Gasteiger partial charge in [0, 0.05) is 13.5 Å². The van der Waals surface area contributed by atoms with E-state index in [0.29, 0.717) is 0 Å². The summed E-state index contributed by atoms with van der Waals surface area (Å²) in [7, 11) is 4.76. The molecule has 0 unspecified atom stereocenters. The summed E-state index contributed by atoms with van der Waals surface area (Å²) in [5, 5.41) is 5.33. The number of amides is 1. The third-order valence-corrected chi connectivity index (χ3v) is 1.42. The van der Waals surface area contributed by atoms with E-state index < -0.39 is 0 Å². The lowest BCUT2D eigenvalue weighted by Gasteiger charge is -1.97. The second-order valence-corrected chi connectivity index (χ2v) is 2.46. The number of esters is 1. The molecule has 0 saturated heterocycles. The predicted molar refractivity (Wildman–Crippen MR) is 54.9 cm³/mol. The largest absolute Gasteiger partial charge is 0.469 e. The van der Waals surface area contributed by atoms with Crippen LogP contribution in [0.4, 0.5) is 0 Å². The van der Waals surface area contributed by atoms with E-state index in [2.05, 4.69) is 22.3 Å². The SMILES string of the molecule is CCNC.CNC(=O)CCC(=O)OC. The third kappa shape index (κ3) is 13.5. The van der Waals surface area contributed by atoms with Crippen LogP contribution in [0.25, 0.3) is 0 Å². The average Bonchev–Trinajstić information content (AvgIpc) is 2.25. The molecule has 0 aromatic heterocycles. The first-order valence-electron chi connectivity index (χ1n) is 4.54. The second kappa shape index (κ2) is 11.9. The van der Waals surface area contributed by atoms with E-state index in [1.807, 2.05) is 7.05 Å². The summed E-state index contributed by atoms with van der Waals surface area (Å²) in [6.07, 6.45) is 0.347. The Bertz CT molecular complexity index is 142. The predicted octanol–water partition coefficient (Wildman–Crippen LogP) is -0.0887. The molecule has 1 amide bonds. The molecule has 2 N–H and O–H groups in total. The molecule has 0 atom stereocenters. The Labute approximate surface area is 85.2 Å². The number of ether oxygens (including phenoxy) is 1. The van der Waals surface area contributed by atoms with Crippen LogP contribution in [0.15, 0.2) is 0 Å². The minimum absolute atomic E-state index is 0.148. The minimum atomic E-state index is -0.358. The Balaban J connectivity index is 0. The molecule has 5 heteroatoms. The Kier molecular flexibility index (Phi) is 13.1. The van der Waals surface area contributed by atoms with Crippen molar-refractivity contribution in [3.05, 3.63) is 0 Å². The second-order valence-electron chi connectivity index (χ2n) is 2.46. The van der Waals surface area contributed by atoms with Crippen LogP contribution in [0, 0.1) is 0 Å². The summed E-state index contributed by atoms with van der Waals surface area (Å²) in [4.78, 5) is 20.9. The van der Waals surface area contributed by atoms with E-state index in [0.717, 1.165) is 6.54 Å². The highest BCUT2D eigenvalue weighted by molar-refractivity contribution is 5.80. The maximum atomic E-state index is 10.5. The fourth-order valence-corrected chi connectivity index (χ4v) is 0.443. The molecule has 0 aromatic carbocycles. The summed E-state index contributed by atoms with van der Waals surface area (Å²) in [5.41, 5.74) is 0. The summed E-state index contributed by atoms with van der Waals surface area (Å²) in [6.45, 7) is 3.14. The molecule has 0 radical (unpaired) electrons. The van der Waals surface area contributed by atoms with Gasteiger partial charge in [0.2, 0.25) is 5.91 Å². The van der Waals surface area contributed by atoms with Crippen LogP contribution >= 0.6 is 0 Å². The minimum Gasteiger partial charge on any atom is -0.469 e. The summed E-state index contributed by atoms with van der Waals surface area (Å²) >= 11 is 0. The molecule has 14 heavy (non-hydrogen) atoms. The van der Waals surface area contributed by atoms with Gasteiger partial charge in [-0.05, 0) is 13.6 Å². The van der Waals surface area contributed by atoms with E-state index in [4.69, 9.17) is 0 Å². The van der Waals surface area contributed by atoms with E-state index in [-0.39, 0.29) is 24.7 Å². The van der Waals surface area contributed by atoms with Crippen molar-refractivity contribution in [2.45, 2.75) is 19.8 Å². The number of carbonyl (C=O) groups is 2. The van der Waals surface area contributed by atoms with Crippen molar-refractivity contribution in [2.24, 2.45) is 0 Å². The van der Waals surface area contributed by atoms with Gasteiger partial charge >= 0.3 is 5.97 Å². The molecule has 0 aromatic rings. The molecular formula is C9H20N2O3. The van der Waals surface area contributed by atoms with Crippen LogP contribution in [-0.2, 0) is 14.3 Å². The maximum Gasteiger partial charge on any atom is 0.306 e. The van der Waals surface area contributed by atoms with Crippen molar-refractivity contribution in [2.75, 3.05) is 27.7 Å². The maximum absolute atomic E-state index is 10.5. The van der Waals surface area contributed by atoms with Gasteiger partial charge in [-0.3, -0.25) is 9.59 Å². The first-order valence-corrected chi connectivity index (χ1v) is 4.54. The number of hydrogen-bond acceptors (Lipinski definition) is 4. The Morgan fingerprint density at radius 1 is 1.21 bits per heavy atom. The van der Waals surface area contributed by atoms with Crippen molar-refractivity contribution in [3.63, 3.8) is 0 Å². The monoisotopic (exact) mass is 204 g/mol. The van der Waals surface area contributed by atoms with Crippen molar-refractivity contribution >= 4 is 11.9 Å². The average molecular weight is 204 g/mol. The molecule has 0 aliphatic heterocycles. The fraction of sp³-hybridized carbons (Fsp3) is 0.778. The van der Waals surface area contributed by atoms with Crippen LogP contribution in [0.3, 0.4) is 0 Å². The van der Waals surface area contributed by atoms with Crippen LogP contribution < -0.4 is 10.6 Å². The Morgan fingerprint density at radius 2 is 1.71 bits per heavy atom. The van der Waals surface area contributed by atoms with Crippen LogP contribution in [0.5, 0.6) is 0 Å². The number of rotatable bonds is 4. The topological polar surface area (TPSA) is 67.4 Å². The molecular weight excluding hydrogens is 184 g/mol. The zero-order chi connectivity index (χ0) is 11.4. The summed E-state index contributed by atoms with van der Waals surface area (Å²) < 4.78 is 4.33. The molecule has 0 fully saturated rings. The van der Waals surface area contributed by atoms with Gasteiger partial charge in [0.15, 0.2) is 0 Å². The van der Waals surface area contributed by atoms with Gasteiger partial charge in [-0.2, -0.15) is 0 Å². The van der Waals surface area contributed by atoms with E-state index >= 15 is 0 Å². The van der Waals surface area contributed by atoms with E-state index in [1.54, 1.807) is 0 Å². The van der Waals surface area contributed by atoms with Crippen molar-refractivity contribution in [1.29, 1.82) is 0 Å². The first-order chi connectivity index (χ1) is 6.62. The van der Waals surface area contributed by atoms with Crippen molar-refractivity contribution < 1.29 is 14.3 Å². The van der Waals surface area contributed by atoms with Gasteiger partial charge in [-0.15, -0.1) is 0 Å². The molecule has 0 aliphatic rings. The fourth-order valence-electron chi connectivity index (χ4n) is 0.443. The molecule has 0 rings (SSSR count). The Hall–Kier alpha value is -1.10. The molecule has 0 aliphatic carbocycles. The molecule has 5 nitrogen and oxygen atoms in total. The van der Waals surface area contributed by atoms with E-state index in [9.17, 15) is 9.59 Å². The van der Waals surface area contributed by atoms with E-state index in [1.165, 1.54) is 14.2 Å². The number of hydrogen-bond donors (Lipinski definition) is 2. The molecule has 0 saturated carbocycles. The first kappa shape index (κ1) is 15.4. The van der Waals surface area contributed by atoms with Crippen LogP contribution in [0.1, 0.15) is 19.8 Å². The third-order valence-electron chi connectivity index (χ3n) is 1.42. The smallest absolute Gasteiger partial charge is 0.306 e. The van der Waals surface area contributed by atoms with Gasteiger partial charge in [0.25, 0.3) is 0 Å². The van der Waals surface area contributed by atoms with Crippen molar-refractivity contribution in [1.82, 2.24) is 10.6 Å². The lowest BCUT2D eigenvalue weighted by atomic mass is 10.3. The lowest BCUT2D eigenvalue weighted by molar-refractivity contribution is -0.142. The molecule has 84 valence electrons. The van der Waals surface area contributed by atoms with Crippen molar-refractivity contribution in [3.8, 4) is 0 Å². The van der Waals surface area contributed by atoms with Gasteiger partial charge in [-0.1, -0.05) is 6.92 Å². The normalized spacial score (nSPS) is 8.29. The Morgan fingerprint density at radius 3 is 2.00 bits per heavy atom. The lowest BCUT2D eigenvalue weighted by Crippen LogP contribution is -2.18. The van der Waals surface area contributed by atoms with Crippen LogP contribution in [-0.4, -0.2) is 39.6 Å². The zero-order valence-corrected chi connectivity index (χ0v) is 9.35. The van der Waals surface area contributed by atoms with Crippen LogP contribution in [0.2, 0.25) is 0 Å². The van der Waals surface area contributed by atoms with Gasteiger partial charge in [-0.25, -0.2) is 0 Å². The highest BCUT2D eigenvalue weighted by Crippen LogP contribution is 1.89.